The summed E-state index contributed by atoms with van der Waals surface area (Å²) < 4.78 is 94.1. The van der Waals surface area contributed by atoms with Gasteiger partial charge in [-0.25, -0.2) is 17.9 Å². The molecule has 0 saturated heterocycles. The first kappa shape index (κ1) is 18.1. The lowest BCUT2D eigenvalue weighted by atomic mass is 10.1. The molecule has 2 N–H and O–H groups in total. The molecule has 6 nitrogen and oxygen atoms in total. The van der Waals surface area contributed by atoms with Crippen LogP contribution in [0.25, 0.3) is 0 Å². The van der Waals surface area contributed by atoms with Gasteiger partial charge in [-0.15, -0.1) is 0 Å². The van der Waals surface area contributed by atoms with Crippen LogP contribution in [0.15, 0.2) is 12.1 Å². The maximum atomic E-state index is 13.9. The highest BCUT2D eigenvalue weighted by Crippen LogP contribution is 2.29. The number of benzene rings is 1. The van der Waals surface area contributed by atoms with Crippen LogP contribution in [-0.4, -0.2) is 36.8 Å². The molecule has 0 saturated carbocycles. The molecule has 0 aliphatic rings. The molecule has 0 bridgehead atoms. The van der Waals surface area contributed by atoms with Crippen LogP contribution >= 0.6 is 0 Å². The highest BCUT2D eigenvalue weighted by Gasteiger charge is 2.33. The summed E-state index contributed by atoms with van der Waals surface area (Å²) in [7, 11) is -5.34. The molecule has 0 atom stereocenters. The first-order chi connectivity index (χ1) is 9.84. The molecule has 0 aliphatic heterocycles. The van der Waals surface area contributed by atoms with Crippen molar-refractivity contribution in [2.45, 2.75) is 12.6 Å². The molecular weight excluding hydrogens is 341 g/mol. The van der Waals surface area contributed by atoms with Crippen molar-refractivity contribution in [1.29, 1.82) is 0 Å². The lowest BCUT2D eigenvalue weighted by molar-refractivity contribution is -0.132. The molecule has 0 spiro atoms. The average molecular weight is 349 g/mol. The van der Waals surface area contributed by atoms with Gasteiger partial charge in [0.15, 0.2) is 5.82 Å². The Hall–Kier alpha value is -1.95. The summed E-state index contributed by atoms with van der Waals surface area (Å²) in [6.45, 7) is -1.41. The number of alkyl halides is 3. The van der Waals surface area contributed by atoms with E-state index in [2.05, 4.69) is 0 Å². The molecule has 0 amide bonds. The van der Waals surface area contributed by atoms with Gasteiger partial charge in [-0.1, -0.05) is 0 Å². The van der Waals surface area contributed by atoms with E-state index in [4.69, 9.17) is 9.66 Å². The van der Waals surface area contributed by atoms with Crippen molar-refractivity contribution in [2.75, 3.05) is 10.8 Å². The van der Waals surface area contributed by atoms with Crippen LogP contribution in [0.2, 0.25) is 0 Å². The van der Waals surface area contributed by atoms with Gasteiger partial charge in [0.05, 0.1) is 12.1 Å². The molecule has 1 aromatic rings. The van der Waals surface area contributed by atoms with E-state index in [9.17, 15) is 35.2 Å². The number of anilines is 1. The van der Waals surface area contributed by atoms with E-state index in [1.807, 2.05) is 0 Å². The summed E-state index contributed by atoms with van der Waals surface area (Å²) >= 11 is 0. The second-order valence-electron chi connectivity index (χ2n) is 3.98. The fourth-order valence-corrected chi connectivity index (χ4v) is 2.23. The van der Waals surface area contributed by atoms with Crippen LogP contribution < -0.4 is 4.31 Å². The van der Waals surface area contributed by atoms with E-state index < -0.39 is 62.6 Å². The quantitative estimate of drug-likeness (QED) is 0.628. The summed E-state index contributed by atoms with van der Waals surface area (Å²) in [5.74, 6) is -5.57. The number of hydrogen-bond donors (Lipinski definition) is 2. The fourth-order valence-electron chi connectivity index (χ4n) is 1.52. The molecule has 0 aromatic heterocycles. The van der Waals surface area contributed by atoms with Gasteiger partial charge >= 0.3 is 22.4 Å². The summed E-state index contributed by atoms with van der Waals surface area (Å²) in [4.78, 5) is 10.7. The average Bonchev–Trinajstić information content (AvgIpc) is 2.28. The normalized spacial score (nSPS) is 12.3. The van der Waals surface area contributed by atoms with Crippen LogP contribution in [0.3, 0.4) is 0 Å². The third-order valence-corrected chi connectivity index (χ3v) is 3.37. The Bertz CT molecular complexity index is 688. The van der Waals surface area contributed by atoms with Crippen molar-refractivity contribution < 1.29 is 44.8 Å². The van der Waals surface area contributed by atoms with E-state index in [1.165, 1.54) is 0 Å². The van der Waals surface area contributed by atoms with Crippen LogP contribution in [0, 0.1) is 11.6 Å². The third-order valence-electron chi connectivity index (χ3n) is 2.43. The lowest BCUT2D eigenvalue weighted by Crippen LogP contribution is -2.34. The lowest BCUT2D eigenvalue weighted by Gasteiger charge is -2.22. The Morgan fingerprint density at radius 2 is 1.77 bits per heavy atom. The van der Waals surface area contributed by atoms with Crippen molar-refractivity contribution in [3.05, 3.63) is 29.3 Å². The summed E-state index contributed by atoms with van der Waals surface area (Å²) in [6.07, 6.45) is -6.57. The largest absolute Gasteiger partial charge is 0.477 e. The summed E-state index contributed by atoms with van der Waals surface area (Å²) in [6, 6.07) is 0.759. The minimum Gasteiger partial charge on any atom is -0.477 e. The number of carboxylic acids is 1. The predicted molar refractivity (Wildman–Crippen MR) is 62.9 cm³/mol. The van der Waals surface area contributed by atoms with Crippen molar-refractivity contribution >= 4 is 22.0 Å². The second kappa shape index (κ2) is 6.04. The minimum absolute atomic E-state index is 0.355. The fraction of sp³-hybridized carbons (Fsp3) is 0.300. The Kier molecular flexibility index (Phi) is 4.97. The molecule has 1 rings (SSSR count). The molecule has 1 aromatic carbocycles. The standard InChI is InChI=1S/C10H8F5NO5S/c11-5-1-2-6(8(12)7(5)9(17)18)16(22(19,20)21)4-3-10(13,14)15/h1-2H,3-4H2,(H,17,18)(H,19,20,21). The molecular formula is C10H8F5NO5S. The zero-order chi connectivity index (χ0) is 17.3. The maximum Gasteiger partial charge on any atom is 0.390 e. The Labute approximate surface area is 120 Å². The van der Waals surface area contributed by atoms with Gasteiger partial charge in [0.1, 0.15) is 11.4 Å². The Morgan fingerprint density at radius 3 is 2.18 bits per heavy atom. The molecule has 0 aliphatic carbocycles. The smallest absolute Gasteiger partial charge is 0.390 e. The van der Waals surface area contributed by atoms with Crippen molar-refractivity contribution in [3.8, 4) is 0 Å². The van der Waals surface area contributed by atoms with Crippen LogP contribution in [0.1, 0.15) is 16.8 Å². The van der Waals surface area contributed by atoms with E-state index in [0.717, 1.165) is 0 Å². The first-order valence-electron chi connectivity index (χ1n) is 5.38. The van der Waals surface area contributed by atoms with Gasteiger partial charge in [-0.2, -0.15) is 21.6 Å². The topological polar surface area (TPSA) is 94.9 Å². The maximum absolute atomic E-state index is 13.9. The second-order valence-corrected chi connectivity index (χ2v) is 5.31. The summed E-state index contributed by atoms with van der Waals surface area (Å²) in [5, 5.41) is 8.62. The van der Waals surface area contributed by atoms with Gasteiger partial charge in [-0.3, -0.25) is 4.55 Å². The van der Waals surface area contributed by atoms with Gasteiger partial charge in [0.2, 0.25) is 0 Å². The highest BCUT2D eigenvalue weighted by atomic mass is 32.2. The van der Waals surface area contributed by atoms with Crippen LogP contribution in [-0.2, 0) is 10.3 Å². The van der Waals surface area contributed by atoms with Crippen LogP contribution in [0.5, 0.6) is 0 Å². The van der Waals surface area contributed by atoms with Crippen molar-refractivity contribution in [3.63, 3.8) is 0 Å². The molecule has 12 heteroatoms. The SMILES string of the molecule is O=C(O)c1c(F)ccc(N(CCC(F)(F)F)S(=O)(=O)O)c1F. The van der Waals surface area contributed by atoms with E-state index >= 15 is 0 Å². The predicted octanol–water partition coefficient (Wildman–Crippen LogP) is 2.22. The zero-order valence-corrected chi connectivity index (χ0v) is 11.2. The monoisotopic (exact) mass is 349 g/mol. The first-order valence-corrected chi connectivity index (χ1v) is 6.77. The number of carboxylic acid groups (broad SMARTS) is 1. The number of nitrogens with zero attached hydrogens (tertiary/aromatic N) is 1. The summed E-state index contributed by atoms with van der Waals surface area (Å²) in [5.41, 5.74) is -2.77. The Balaban J connectivity index is 3.39. The molecule has 0 unspecified atom stereocenters. The zero-order valence-electron chi connectivity index (χ0n) is 10.4. The molecule has 124 valence electrons. The van der Waals surface area contributed by atoms with Crippen molar-refractivity contribution in [1.82, 2.24) is 0 Å². The molecule has 22 heavy (non-hydrogen) atoms. The van der Waals surface area contributed by atoms with Gasteiger partial charge in [-0.05, 0) is 12.1 Å². The third kappa shape index (κ3) is 4.27. The van der Waals surface area contributed by atoms with E-state index in [0.29, 0.717) is 12.1 Å². The molecule has 0 heterocycles. The van der Waals surface area contributed by atoms with E-state index in [-0.39, 0.29) is 0 Å². The van der Waals surface area contributed by atoms with E-state index in [1.54, 1.807) is 0 Å². The Morgan fingerprint density at radius 1 is 1.23 bits per heavy atom. The highest BCUT2D eigenvalue weighted by molar-refractivity contribution is 7.87. The molecule has 0 radical (unpaired) electrons. The van der Waals surface area contributed by atoms with Crippen LogP contribution in [0.4, 0.5) is 27.6 Å². The number of carbonyl (C=O) groups is 1. The van der Waals surface area contributed by atoms with Gasteiger partial charge in [0.25, 0.3) is 0 Å². The number of aromatic carboxylic acids is 1. The van der Waals surface area contributed by atoms with Gasteiger partial charge in [0, 0.05) is 6.54 Å². The number of rotatable bonds is 5. The number of hydrogen-bond acceptors (Lipinski definition) is 3. The minimum atomic E-state index is -5.34. The van der Waals surface area contributed by atoms with Gasteiger partial charge < -0.3 is 5.11 Å². The van der Waals surface area contributed by atoms with Crippen molar-refractivity contribution in [2.24, 2.45) is 0 Å². The number of halogens is 5. The molecule has 0 fully saturated rings.